The molecule has 1 aliphatic heterocycles. The zero-order chi connectivity index (χ0) is 20.1. The number of nitrogens with zero attached hydrogens (tertiary/aromatic N) is 3. The molecule has 0 saturated carbocycles. The highest BCUT2D eigenvalue weighted by Crippen LogP contribution is 2.27. The first-order valence-electron chi connectivity index (χ1n) is 8.79. The fourth-order valence-electron chi connectivity index (χ4n) is 3.17. The van der Waals surface area contributed by atoms with Crippen LogP contribution in [0, 0.1) is 10.1 Å². The van der Waals surface area contributed by atoms with Crippen LogP contribution in [0.5, 0.6) is 0 Å². The lowest BCUT2D eigenvalue weighted by Gasteiger charge is -2.31. The number of nitrogens with one attached hydrogen (secondary N) is 2. The SMILES string of the molecule is O=C(O)NC1CCN(Cc2ccc(Nc3nc(Cl)ccc3[N+](=O)[O-])cc2)CC1. The van der Waals surface area contributed by atoms with E-state index in [2.05, 4.69) is 20.5 Å². The summed E-state index contributed by atoms with van der Waals surface area (Å²) < 4.78 is 0. The molecule has 1 aromatic heterocycles. The van der Waals surface area contributed by atoms with E-state index in [0.29, 0.717) is 5.69 Å². The van der Waals surface area contributed by atoms with Crippen LogP contribution in [-0.4, -0.2) is 45.1 Å². The van der Waals surface area contributed by atoms with E-state index in [1.54, 1.807) is 0 Å². The monoisotopic (exact) mass is 405 g/mol. The molecule has 2 aromatic rings. The second kappa shape index (κ2) is 8.85. The van der Waals surface area contributed by atoms with Crippen molar-refractivity contribution < 1.29 is 14.8 Å². The second-order valence-electron chi connectivity index (χ2n) is 6.58. The lowest BCUT2D eigenvalue weighted by Crippen LogP contribution is -2.43. The van der Waals surface area contributed by atoms with Crippen molar-refractivity contribution in [2.24, 2.45) is 0 Å². The Morgan fingerprint density at radius 3 is 2.54 bits per heavy atom. The first kappa shape index (κ1) is 19.8. The minimum absolute atomic E-state index is 0.0151. The third-order valence-corrected chi connectivity index (χ3v) is 4.79. The Labute approximate surface area is 166 Å². The Kier molecular flexibility index (Phi) is 6.27. The van der Waals surface area contributed by atoms with Gasteiger partial charge in [0.15, 0.2) is 0 Å². The normalized spacial score (nSPS) is 15.2. The molecule has 2 heterocycles. The van der Waals surface area contributed by atoms with E-state index in [1.165, 1.54) is 12.1 Å². The summed E-state index contributed by atoms with van der Waals surface area (Å²) in [5, 5.41) is 25.5. The van der Waals surface area contributed by atoms with Crippen LogP contribution in [0.2, 0.25) is 5.15 Å². The van der Waals surface area contributed by atoms with E-state index in [1.807, 2.05) is 24.3 Å². The Morgan fingerprint density at radius 1 is 1.25 bits per heavy atom. The standard InChI is InChI=1S/C18H20ClN5O4/c19-16-6-5-15(24(27)28)17(22-16)20-13-3-1-12(2-4-13)11-23-9-7-14(8-10-23)21-18(25)26/h1-6,14,21H,7-11H2,(H,20,22)(H,25,26). The number of rotatable bonds is 6. The fraction of sp³-hybridized carbons (Fsp3) is 0.333. The maximum Gasteiger partial charge on any atom is 0.404 e. The summed E-state index contributed by atoms with van der Waals surface area (Å²) in [6.45, 7) is 2.41. The van der Waals surface area contributed by atoms with E-state index in [9.17, 15) is 14.9 Å². The summed E-state index contributed by atoms with van der Waals surface area (Å²) >= 11 is 5.84. The largest absolute Gasteiger partial charge is 0.465 e. The van der Waals surface area contributed by atoms with Crippen LogP contribution in [-0.2, 0) is 6.54 Å². The summed E-state index contributed by atoms with van der Waals surface area (Å²) in [6.07, 6.45) is 0.600. The Bertz CT molecular complexity index is 854. The average molecular weight is 406 g/mol. The number of likely N-dealkylation sites (tertiary alicyclic amines) is 1. The highest BCUT2D eigenvalue weighted by atomic mass is 35.5. The molecule has 0 radical (unpaired) electrons. The molecule has 10 heteroatoms. The molecule has 0 bridgehead atoms. The molecule has 1 aliphatic rings. The third-order valence-electron chi connectivity index (χ3n) is 4.57. The van der Waals surface area contributed by atoms with Gasteiger partial charge in [-0.25, -0.2) is 9.78 Å². The quantitative estimate of drug-likeness (QED) is 0.381. The van der Waals surface area contributed by atoms with Crippen LogP contribution in [0.4, 0.5) is 22.0 Å². The van der Waals surface area contributed by atoms with E-state index in [0.717, 1.165) is 38.0 Å². The number of hydrogen-bond donors (Lipinski definition) is 3. The number of amides is 1. The van der Waals surface area contributed by atoms with Crippen molar-refractivity contribution in [3.8, 4) is 0 Å². The third kappa shape index (κ3) is 5.30. The number of carboxylic acid groups (broad SMARTS) is 1. The molecular formula is C18H20ClN5O4. The fourth-order valence-corrected chi connectivity index (χ4v) is 3.31. The first-order chi connectivity index (χ1) is 13.4. The summed E-state index contributed by atoms with van der Waals surface area (Å²) in [5.74, 6) is 0.0956. The van der Waals surface area contributed by atoms with Gasteiger partial charge in [0.25, 0.3) is 0 Å². The molecule has 3 N–H and O–H groups in total. The highest BCUT2D eigenvalue weighted by molar-refractivity contribution is 6.29. The molecule has 1 aromatic carbocycles. The van der Waals surface area contributed by atoms with Gasteiger partial charge in [-0.2, -0.15) is 0 Å². The minimum Gasteiger partial charge on any atom is -0.465 e. The lowest BCUT2D eigenvalue weighted by atomic mass is 10.0. The predicted octanol–water partition coefficient (Wildman–Crippen LogP) is 3.62. The summed E-state index contributed by atoms with van der Waals surface area (Å²) in [5.41, 5.74) is 1.63. The number of nitro groups is 1. The molecule has 28 heavy (non-hydrogen) atoms. The van der Waals surface area contributed by atoms with Crippen molar-refractivity contribution in [2.45, 2.75) is 25.4 Å². The van der Waals surface area contributed by atoms with Crippen LogP contribution in [0.25, 0.3) is 0 Å². The topological polar surface area (TPSA) is 121 Å². The van der Waals surface area contributed by atoms with Gasteiger partial charge in [0, 0.05) is 37.4 Å². The number of benzene rings is 1. The van der Waals surface area contributed by atoms with Crippen molar-refractivity contribution in [3.63, 3.8) is 0 Å². The smallest absolute Gasteiger partial charge is 0.404 e. The average Bonchev–Trinajstić information content (AvgIpc) is 2.64. The van der Waals surface area contributed by atoms with Crippen LogP contribution in [0.15, 0.2) is 36.4 Å². The number of hydrogen-bond acceptors (Lipinski definition) is 6. The number of anilines is 2. The zero-order valence-corrected chi connectivity index (χ0v) is 15.7. The molecule has 148 valence electrons. The number of piperidine rings is 1. The first-order valence-corrected chi connectivity index (χ1v) is 9.17. The zero-order valence-electron chi connectivity index (χ0n) is 15.0. The number of carbonyl (C=O) groups is 1. The van der Waals surface area contributed by atoms with E-state index in [4.69, 9.17) is 16.7 Å². The van der Waals surface area contributed by atoms with Gasteiger partial charge in [-0.3, -0.25) is 15.0 Å². The highest BCUT2D eigenvalue weighted by Gasteiger charge is 2.20. The van der Waals surface area contributed by atoms with E-state index >= 15 is 0 Å². The lowest BCUT2D eigenvalue weighted by molar-refractivity contribution is -0.384. The minimum atomic E-state index is -0.976. The molecule has 0 aliphatic carbocycles. The molecule has 3 rings (SSSR count). The van der Waals surface area contributed by atoms with Crippen LogP contribution in [0.1, 0.15) is 18.4 Å². The molecule has 1 amide bonds. The molecule has 0 spiro atoms. The Morgan fingerprint density at radius 2 is 1.93 bits per heavy atom. The predicted molar refractivity (Wildman–Crippen MR) is 105 cm³/mol. The second-order valence-corrected chi connectivity index (χ2v) is 6.97. The van der Waals surface area contributed by atoms with Crippen LogP contribution >= 0.6 is 11.6 Å². The van der Waals surface area contributed by atoms with Gasteiger partial charge in [-0.1, -0.05) is 23.7 Å². The Balaban J connectivity index is 1.58. The molecule has 0 unspecified atom stereocenters. The Hall–Kier alpha value is -2.91. The molecule has 1 fully saturated rings. The maximum absolute atomic E-state index is 11.1. The molecule has 1 saturated heterocycles. The summed E-state index contributed by atoms with van der Waals surface area (Å²) in [6, 6.07) is 10.3. The van der Waals surface area contributed by atoms with Gasteiger partial charge < -0.3 is 15.7 Å². The molecule has 0 atom stereocenters. The number of halogens is 1. The van der Waals surface area contributed by atoms with Crippen molar-refractivity contribution >= 4 is 34.9 Å². The van der Waals surface area contributed by atoms with Crippen molar-refractivity contribution in [2.75, 3.05) is 18.4 Å². The van der Waals surface area contributed by atoms with Gasteiger partial charge in [0.1, 0.15) is 5.15 Å². The van der Waals surface area contributed by atoms with Gasteiger partial charge >= 0.3 is 11.8 Å². The number of aromatic nitrogens is 1. The van der Waals surface area contributed by atoms with Crippen molar-refractivity contribution in [1.29, 1.82) is 0 Å². The van der Waals surface area contributed by atoms with Crippen LogP contribution < -0.4 is 10.6 Å². The van der Waals surface area contributed by atoms with E-state index < -0.39 is 11.0 Å². The van der Waals surface area contributed by atoms with Gasteiger partial charge in [-0.05, 0) is 36.6 Å². The van der Waals surface area contributed by atoms with Gasteiger partial charge in [0.2, 0.25) is 5.82 Å². The van der Waals surface area contributed by atoms with Crippen molar-refractivity contribution in [3.05, 3.63) is 57.2 Å². The van der Waals surface area contributed by atoms with E-state index in [-0.39, 0.29) is 22.7 Å². The molecule has 9 nitrogen and oxygen atoms in total. The maximum atomic E-state index is 11.1. The van der Waals surface area contributed by atoms with Crippen LogP contribution in [0.3, 0.4) is 0 Å². The van der Waals surface area contributed by atoms with Gasteiger partial charge in [0.05, 0.1) is 4.92 Å². The summed E-state index contributed by atoms with van der Waals surface area (Å²) in [7, 11) is 0. The molecular weight excluding hydrogens is 386 g/mol. The summed E-state index contributed by atoms with van der Waals surface area (Å²) in [4.78, 5) is 27.6. The van der Waals surface area contributed by atoms with Crippen molar-refractivity contribution in [1.82, 2.24) is 15.2 Å². The van der Waals surface area contributed by atoms with Gasteiger partial charge in [-0.15, -0.1) is 0 Å². The number of pyridine rings is 1.